The van der Waals surface area contributed by atoms with Crippen molar-refractivity contribution in [3.05, 3.63) is 35.9 Å². The van der Waals surface area contributed by atoms with Crippen molar-refractivity contribution in [2.75, 3.05) is 33.7 Å². The van der Waals surface area contributed by atoms with Gasteiger partial charge in [-0.3, -0.25) is 4.79 Å². The Labute approximate surface area is 168 Å². The van der Waals surface area contributed by atoms with Crippen LogP contribution in [0.4, 0.5) is 0 Å². The molecule has 1 fully saturated rings. The highest BCUT2D eigenvalue weighted by atomic mass is 127. The molecule has 1 saturated carbocycles. The van der Waals surface area contributed by atoms with Crippen LogP contribution in [0.15, 0.2) is 35.3 Å². The van der Waals surface area contributed by atoms with Crippen molar-refractivity contribution in [1.29, 1.82) is 0 Å². The first-order valence-corrected chi connectivity index (χ1v) is 8.81. The zero-order chi connectivity index (χ0) is 17.4. The summed E-state index contributed by atoms with van der Waals surface area (Å²) in [7, 11) is 3.51. The first kappa shape index (κ1) is 21.7. The van der Waals surface area contributed by atoms with Crippen LogP contribution in [0.1, 0.15) is 31.7 Å². The van der Waals surface area contributed by atoms with E-state index in [-0.39, 0.29) is 36.4 Å². The van der Waals surface area contributed by atoms with Crippen molar-refractivity contribution in [2.45, 2.75) is 32.6 Å². The van der Waals surface area contributed by atoms with Crippen molar-refractivity contribution in [1.82, 2.24) is 15.5 Å². The highest BCUT2D eigenvalue weighted by molar-refractivity contribution is 14.0. The third-order valence-electron chi connectivity index (χ3n) is 4.42. The van der Waals surface area contributed by atoms with E-state index >= 15 is 0 Å². The van der Waals surface area contributed by atoms with Crippen molar-refractivity contribution < 1.29 is 4.79 Å². The van der Waals surface area contributed by atoms with Crippen LogP contribution < -0.4 is 10.6 Å². The zero-order valence-electron chi connectivity index (χ0n) is 15.5. The van der Waals surface area contributed by atoms with Crippen LogP contribution in [-0.4, -0.2) is 50.5 Å². The molecule has 1 amide bonds. The van der Waals surface area contributed by atoms with E-state index in [2.05, 4.69) is 52.9 Å². The van der Waals surface area contributed by atoms with E-state index in [9.17, 15) is 4.79 Å². The van der Waals surface area contributed by atoms with Crippen LogP contribution in [0.3, 0.4) is 0 Å². The monoisotopic (exact) mass is 458 g/mol. The molecule has 5 nitrogen and oxygen atoms in total. The third-order valence-corrected chi connectivity index (χ3v) is 4.42. The summed E-state index contributed by atoms with van der Waals surface area (Å²) in [6.07, 6.45) is 4.61. The molecule has 1 aliphatic rings. The van der Waals surface area contributed by atoms with Gasteiger partial charge in [0.15, 0.2) is 5.96 Å². The molecule has 6 heteroatoms. The second-order valence-electron chi connectivity index (χ2n) is 6.90. The van der Waals surface area contributed by atoms with Gasteiger partial charge in [0, 0.05) is 27.2 Å². The molecule has 0 radical (unpaired) electrons. The fourth-order valence-corrected chi connectivity index (χ4v) is 2.60. The number of benzene rings is 1. The van der Waals surface area contributed by atoms with Gasteiger partial charge >= 0.3 is 0 Å². The first-order chi connectivity index (χ1) is 11.5. The van der Waals surface area contributed by atoms with Gasteiger partial charge in [0.05, 0.1) is 0 Å². The molecule has 0 heterocycles. The molecule has 1 aromatic carbocycles. The normalized spacial score (nSPS) is 15.1. The molecule has 1 aromatic rings. The van der Waals surface area contributed by atoms with E-state index in [0.717, 1.165) is 31.9 Å². The van der Waals surface area contributed by atoms with Gasteiger partial charge in [-0.1, -0.05) is 37.3 Å². The number of nitrogens with one attached hydrogen (secondary N) is 2. The van der Waals surface area contributed by atoms with Gasteiger partial charge in [-0.05, 0) is 36.7 Å². The average molecular weight is 458 g/mol. The Bertz CT molecular complexity index is 556. The average Bonchev–Trinajstić information content (AvgIpc) is 3.34. The molecule has 140 valence electrons. The number of guanidine groups is 1. The molecule has 2 N–H and O–H groups in total. The van der Waals surface area contributed by atoms with Gasteiger partial charge in [-0.15, -0.1) is 24.0 Å². The van der Waals surface area contributed by atoms with E-state index in [4.69, 9.17) is 0 Å². The summed E-state index contributed by atoms with van der Waals surface area (Å²) in [5.74, 6) is 0.754. The van der Waals surface area contributed by atoms with E-state index < -0.39 is 0 Å². The van der Waals surface area contributed by atoms with Crippen LogP contribution in [0.5, 0.6) is 0 Å². The van der Waals surface area contributed by atoms with Gasteiger partial charge < -0.3 is 15.5 Å². The van der Waals surface area contributed by atoms with Gasteiger partial charge in [-0.2, -0.15) is 0 Å². The molecule has 2 rings (SSSR count). The zero-order valence-corrected chi connectivity index (χ0v) is 17.9. The highest BCUT2D eigenvalue weighted by Crippen LogP contribution is 2.47. The molecule has 0 bridgehead atoms. The summed E-state index contributed by atoms with van der Waals surface area (Å²) in [4.78, 5) is 17.7. The topological polar surface area (TPSA) is 56.7 Å². The van der Waals surface area contributed by atoms with Crippen LogP contribution in [0.2, 0.25) is 0 Å². The summed E-state index contributed by atoms with van der Waals surface area (Å²) >= 11 is 0. The molecular weight excluding hydrogens is 427 g/mol. The number of hydrogen-bond acceptors (Lipinski definition) is 2. The SMILES string of the molecule is CCCNC(=NCC(=O)N(C)C)NCC1(Cc2ccccc2)CC1.I. The molecule has 0 unspecified atom stereocenters. The largest absolute Gasteiger partial charge is 0.356 e. The quantitative estimate of drug-likeness (QED) is 0.358. The number of hydrogen-bond donors (Lipinski definition) is 2. The number of likely N-dealkylation sites (N-methyl/N-ethyl adjacent to an activating group) is 1. The summed E-state index contributed by atoms with van der Waals surface area (Å²) < 4.78 is 0. The minimum Gasteiger partial charge on any atom is -0.356 e. The summed E-state index contributed by atoms with van der Waals surface area (Å²) in [5.41, 5.74) is 1.72. The maximum atomic E-state index is 11.7. The number of carbonyl (C=O) groups excluding carboxylic acids is 1. The Morgan fingerprint density at radius 2 is 1.88 bits per heavy atom. The Balaban J connectivity index is 0.00000312. The number of carbonyl (C=O) groups is 1. The molecule has 25 heavy (non-hydrogen) atoms. The van der Waals surface area contributed by atoms with Crippen LogP contribution in [-0.2, 0) is 11.2 Å². The molecule has 1 aliphatic carbocycles. The minimum absolute atomic E-state index is 0. The van der Waals surface area contributed by atoms with Crippen molar-refractivity contribution >= 4 is 35.8 Å². The molecule has 0 atom stereocenters. The predicted molar refractivity (Wildman–Crippen MR) is 115 cm³/mol. The minimum atomic E-state index is 0. The predicted octanol–water partition coefficient (Wildman–Crippen LogP) is 2.66. The summed E-state index contributed by atoms with van der Waals surface area (Å²) in [5, 5.41) is 6.74. The standard InChI is InChI=1S/C19H30N4O.HI/c1-4-12-20-18(21-14-17(24)23(2)3)22-15-19(10-11-19)13-16-8-6-5-7-9-16;/h5-9H,4,10-15H2,1-3H3,(H2,20,21,22);1H. The Morgan fingerprint density at radius 3 is 2.44 bits per heavy atom. The maximum absolute atomic E-state index is 11.7. The number of amides is 1. The van der Waals surface area contributed by atoms with Crippen molar-refractivity contribution in [2.24, 2.45) is 10.4 Å². The van der Waals surface area contributed by atoms with Crippen LogP contribution in [0.25, 0.3) is 0 Å². The van der Waals surface area contributed by atoms with Gasteiger partial charge in [-0.25, -0.2) is 4.99 Å². The number of aliphatic imine (C=N–C) groups is 1. The van der Waals surface area contributed by atoms with E-state index in [1.54, 1.807) is 19.0 Å². The molecule has 0 spiro atoms. The fourth-order valence-electron chi connectivity index (χ4n) is 2.60. The van der Waals surface area contributed by atoms with Gasteiger partial charge in [0.1, 0.15) is 6.54 Å². The van der Waals surface area contributed by atoms with Gasteiger partial charge in [0.25, 0.3) is 0 Å². The summed E-state index contributed by atoms with van der Waals surface area (Å²) in [6, 6.07) is 10.6. The lowest BCUT2D eigenvalue weighted by Gasteiger charge is -2.19. The van der Waals surface area contributed by atoms with E-state index in [1.807, 2.05) is 0 Å². The fraction of sp³-hybridized carbons (Fsp3) is 0.579. The number of halogens is 1. The third kappa shape index (κ3) is 7.63. The summed E-state index contributed by atoms with van der Waals surface area (Å²) in [6.45, 7) is 4.05. The second kappa shape index (κ2) is 10.6. The Kier molecular flexibility index (Phi) is 9.24. The van der Waals surface area contributed by atoms with Crippen molar-refractivity contribution in [3.63, 3.8) is 0 Å². The number of rotatable bonds is 8. The van der Waals surface area contributed by atoms with Crippen LogP contribution in [0, 0.1) is 5.41 Å². The molecule has 0 aliphatic heterocycles. The highest BCUT2D eigenvalue weighted by Gasteiger charge is 2.42. The van der Waals surface area contributed by atoms with Gasteiger partial charge in [0.2, 0.25) is 5.91 Å². The van der Waals surface area contributed by atoms with E-state index in [0.29, 0.717) is 5.41 Å². The lowest BCUT2D eigenvalue weighted by molar-refractivity contribution is -0.127. The molecular formula is C19H31IN4O. The lowest BCUT2D eigenvalue weighted by Crippen LogP contribution is -2.41. The molecule has 0 aromatic heterocycles. The first-order valence-electron chi connectivity index (χ1n) is 8.81. The second-order valence-corrected chi connectivity index (χ2v) is 6.90. The number of nitrogens with zero attached hydrogens (tertiary/aromatic N) is 2. The molecule has 0 saturated heterocycles. The van der Waals surface area contributed by atoms with Crippen molar-refractivity contribution in [3.8, 4) is 0 Å². The van der Waals surface area contributed by atoms with E-state index in [1.165, 1.54) is 18.4 Å². The lowest BCUT2D eigenvalue weighted by atomic mass is 9.96. The maximum Gasteiger partial charge on any atom is 0.243 e. The Hall–Kier alpha value is -1.31. The van der Waals surface area contributed by atoms with Crippen LogP contribution >= 0.6 is 24.0 Å². The smallest absolute Gasteiger partial charge is 0.243 e. The Morgan fingerprint density at radius 1 is 1.20 bits per heavy atom.